The smallest absolute Gasteiger partial charge is 0.269 e. The molecular weight excluding hydrogens is 363 g/mol. The minimum Gasteiger partial charge on any atom is -0.317 e. The fraction of sp³-hybridized carbons (Fsp3) is 0.250. The van der Waals surface area contributed by atoms with Crippen LogP contribution in [-0.2, 0) is 0 Å². The van der Waals surface area contributed by atoms with Crippen molar-refractivity contribution in [2.45, 2.75) is 18.9 Å². The van der Waals surface area contributed by atoms with Crippen molar-refractivity contribution < 1.29 is 9.18 Å². The van der Waals surface area contributed by atoms with Crippen LogP contribution in [-0.4, -0.2) is 35.0 Å². The van der Waals surface area contributed by atoms with Gasteiger partial charge in [0.25, 0.3) is 5.91 Å². The van der Waals surface area contributed by atoms with E-state index in [0.717, 1.165) is 31.5 Å². The van der Waals surface area contributed by atoms with Gasteiger partial charge in [0.1, 0.15) is 5.82 Å². The summed E-state index contributed by atoms with van der Waals surface area (Å²) in [5.41, 5.74) is 1.38. The highest BCUT2D eigenvalue weighted by Gasteiger charge is 2.29. The van der Waals surface area contributed by atoms with Crippen LogP contribution in [0, 0.1) is 5.82 Å². The number of nitrogens with zero attached hydrogens (tertiary/aromatic N) is 3. The first kappa shape index (κ1) is 17.8. The predicted octanol–water partition coefficient (Wildman–Crippen LogP) is 3.74. The summed E-state index contributed by atoms with van der Waals surface area (Å²) in [4.78, 5) is 24.6. The molecule has 2 aromatic heterocycles. The van der Waals surface area contributed by atoms with Crippen molar-refractivity contribution in [2.75, 3.05) is 18.0 Å². The Morgan fingerprint density at radius 2 is 1.93 bits per heavy atom. The molecule has 1 aliphatic heterocycles. The molecule has 3 aromatic rings. The van der Waals surface area contributed by atoms with E-state index in [-0.39, 0.29) is 17.8 Å². The van der Waals surface area contributed by atoms with Crippen LogP contribution in [0.25, 0.3) is 11.3 Å². The summed E-state index contributed by atoms with van der Waals surface area (Å²) in [6, 6.07) is 9.89. The number of rotatable bonds is 4. The molecule has 1 fully saturated rings. The van der Waals surface area contributed by atoms with Crippen molar-refractivity contribution in [1.82, 2.24) is 15.3 Å². The molecule has 0 atom stereocenters. The Morgan fingerprint density at radius 3 is 2.63 bits per heavy atom. The zero-order chi connectivity index (χ0) is 18.6. The summed E-state index contributed by atoms with van der Waals surface area (Å²) in [6.07, 6.45) is 4.98. The monoisotopic (exact) mass is 382 g/mol. The number of carbonyl (C=O) groups is 1. The van der Waals surface area contributed by atoms with Gasteiger partial charge in [-0.05, 0) is 61.6 Å². The molecule has 1 aromatic carbocycles. The average molecular weight is 382 g/mol. The van der Waals surface area contributed by atoms with Crippen LogP contribution >= 0.6 is 11.3 Å². The maximum atomic E-state index is 13.2. The molecule has 0 spiro atoms. The van der Waals surface area contributed by atoms with Gasteiger partial charge in [0.05, 0.1) is 23.0 Å². The largest absolute Gasteiger partial charge is 0.317 e. The summed E-state index contributed by atoms with van der Waals surface area (Å²) >= 11 is 1.42. The summed E-state index contributed by atoms with van der Waals surface area (Å²) in [6.45, 7) is 1.73. The number of piperidine rings is 1. The molecule has 1 N–H and O–H groups in total. The van der Waals surface area contributed by atoms with Gasteiger partial charge in [-0.3, -0.25) is 14.7 Å². The number of thiophene rings is 1. The summed E-state index contributed by atoms with van der Waals surface area (Å²) in [5.74, 6) is 0.177. The van der Waals surface area contributed by atoms with Crippen LogP contribution in [0.4, 0.5) is 10.2 Å². The van der Waals surface area contributed by atoms with Gasteiger partial charge in [0.2, 0.25) is 0 Å². The van der Waals surface area contributed by atoms with Crippen molar-refractivity contribution in [3.8, 4) is 11.3 Å². The third-order valence-electron chi connectivity index (χ3n) is 4.63. The Hall–Kier alpha value is -2.64. The molecule has 4 rings (SSSR count). The Labute approximate surface area is 160 Å². The maximum absolute atomic E-state index is 13.2. The molecule has 0 radical (unpaired) electrons. The van der Waals surface area contributed by atoms with E-state index < -0.39 is 0 Å². The van der Waals surface area contributed by atoms with Crippen LogP contribution in [0.15, 0.2) is 54.2 Å². The lowest BCUT2D eigenvalue weighted by Crippen LogP contribution is -2.46. The molecule has 5 nitrogen and oxygen atoms in total. The molecule has 7 heteroatoms. The van der Waals surface area contributed by atoms with E-state index in [1.807, 2.05) is 17.5 Å². The lowest BCUT2D eigenvalue weighted by Gasteiger charge is -2.33. The maximum Gasteiger partial charge on any atom is 0.269 e. The van der Waals surface area contributed by atoms with Crippen LogP contribution in [0.3, 0.4) is 0 Å². The third-order valence-corrected chi connectivity index (χ3v) is 5.49. The summed E-state index contributed by atoms with van der Waals surface area (Å²) in [5, 5.41) is 5.23. The van der Waals surface area contributed by atoms with Crippen molar-refractivity contribution in [2.24, 2.45) is 0 Å². The number of aromatic nitrogens is 2. The van der Waals surface area contributed by atoms with Crippen molar-refractivity contribution in [3.63, 3.8) is 0 Å². The molecule has 0 unspecified atom stereocenters. The average Bonchev–Trinajstić information content (AvgIpc) is 3.25. The summed E-state index contributed by atoms with van der Waals surface area (Å²) in [7, 11) is 0. The highest BCUT2D eigenvalue weighted by molar-refractivity contribution is 7.12. The molecule has 1 amide bonds. The lowest BCUT2D eigenvalue weighted by molar-refractivity contribution is 0.0974. The minimum absolute atomic E-state index is 0.0533. The molecule has 27 heavy (non-hydrogen) atoms. The van der Waals surface area contributed by atoms with E-state index in [1.165, 1.54) is 23.5 Å². The van der Waals surface area contributed by atoms with Crippen molar-refractivity contribution in [3.05, 3.63) is 64.9 Å². The molecular formula is C20H19FN4OS. The highest BCUT2D eigenvalue weighted by Crippen LogP contribution is 2.26. The molecule has 0 aliphatic carbocycles. The fourth-order valence-corrected chi connectivity index (χ4v) is 3.93. The van der Waals surface area contributed by atoms with Gasteiger partial charge in [0, 0.05) is 11.6 Å². The molecule has 1 aliphatic rings. The number of nitrogens with one attached hydrogen (secondary N) is 1. The summed E-state index contributed by atoms with van der Waals surface area (Å²) < 4.78 is 13.2. The zero-order valence-corrected chi connectivity index (χ0v) is 15.5. The molecule has 0 saturated carbocycles. The Balaban J connectivity index is 1.72. The third kappa shape index (κ3) is 3.89. The fourth-order valence-electron chi connectivity index (χ4n) is 3.27. The first-order chi connectivity index (χ1) is 13.2. The van der Waals surface area contributed by atoms with Crippen LogP contribution < -0.4 is 10.2 Å². The van der Waals surface area contributed by atoms with Crippen LogP contribution in [0.1, 0.15) is 22.5 Å². The highest BCUT2D eigenvalue weighted by atomic mass is 32.1. The van der Waals surface area contributed by atoms with E-state index in [0.29, 0.717) is 16.4 Å². The molecule has 138 valence electrons. The van der Waals surface area contributed by atoms with E-state index in [4.69, 9.17) is 0 Å². The second-order valence-corrected chi connectivity index (χ2v) is 7.35. The number of anilines is 1. The normalized spacial score (nSPS) is 14.9. The second-order valence-electron chi connectivity index (χ2n) is 6.40. The number of amides is 1. The van der Waals surface area contributed by atoms with E-state index in [2.05, 4.69) is 15.3 Å². The van der Waals surface area contributed by atoms with Gasteiger partial charge in [-0.15, -0.1) is 11.3 Å². The minimum atomic E-state index is -0.299. The Morgan fingerprint density at radius 1 is 1.15 bits per heavy atom. The van der Waals surface area contributed by atoms with Gasteiger partial charge < -0.3 is 5.32 Å². The molecule has 3 heterocycles. The Kier molecular flexibility index (Phi) is 5.22. The number of hydrogen-bond acceptors (Lipinski definition) is 5. The zero-order valence-electron chi connectivity index (χ0n) is 14.6. The van der Waals surface area contributed by atoms with Gasteiger partial charge >= 0.3 is 0 Å². The van der Waals surface area contributed by atoms with Gasteiger partial charge in [-0.1, -0.05) is 6.07 Å². The van der Waals surface area contributed by atoms with Crippen molar-refractivity contribution in [1.29, 1.82) is 0 Å². The van der Waals surface area contributed by atoms with Crippen LogP contribution in [0.5, 0.6) is 0 Å². The van der Waals surface area contributed by atoms with E-state index in [9.17, 15) is 9.18 Å². The van der Waals surface area contributed by atoms with Crippen LogP contribution in [0.2, 0.25) is 0 Å². The SMILES string of the molecule is O=C(c1cccs1)N(c1cncc(-c2ccc(F)cc2)n1)C1CCNCC1. The number of halogens is 1. The molecule has 1 saturated heterocycles. The van der Waals surface area contributed by atoms with Gasteiger partial charge in [0.15, 0.2) is 5.82 Å². The van der Waals surface area contributed by atoms with E-state index >= 15 is 0 Å². The van der Waals surface area contributed by atoms with Gasteiger partial charge in [-0.2, -0.15) is 0 Å². The quantitative estimate of drug-likeness (QED) is 0.747. The lowest BCUT2D eigenvalue weighted by atomic mass is 10.0. The molecule has 0 bridgehead atoms. The topological polar surface area (TPSA) is 58.1 Å². The number of benzene rings is 1. The first-order valence-corrected chi connectivity index (χ1v) is 9.76. The van der Waals surface area contributed by atoms with Gasteiger partial charge in [-0.25, -0.2) is 9.37 Å². The predicted molar refractivity (Wildman–Crippen MR) is 104 cm³/mol. The number of carbonyl (C=O) groups excluding carboxylic acids is 1. The standard InChI is InChI=1S/C20H19FN4OS/c21-15-5-3-14(4-6-15)17-12-23-13-19(24-17)25(16-7-9-22-10-8-16)20(26)18-2-1-11-27-18/h1-6,11-13,16,22H,7-10H2. The van der Waals surface area contributed by atoms with E-state index in [1.54, 1.807) is 29.4 Å². The number of hydrogen-bond donors (Lipinski definition) is 1. The second kappa shape index (κ2) is 7.94. The van der Waals surface area contributed by atoms with Crippen molar-refractivity contribution >= 4 is 23.1 Å². The Bertz CT molecular complexity index is 908. The first-order valence-electron chi connectivity index (χ1n) is 8.88.